The molecule has 0 atom stereocenters. The van der Waals surface area contributed by atoms with Gasteiger partial charge in [-0.25, -0.2) is 9.97 Å². The molecule has 1 aliphatic rings. The molecule has 6 rings (SSSR count). The molecular formula is C24H20N6O. The number of para-hydroxylation sites is 1. The first-order chi connectivity index (χ1) is 15.3. The number of nitrogens with one attached hydrogen (secondary N) is 1. The average molecular weight is 408 g/mol. The summed E-state index contributed by atoms with van der Waals surface area (Å²) >= 11 is 0. The molecule has 7 nitrogen and oxygen atoms in total. The second kappa shape index (κ2) is 7.05. The molecule has 1 fully saturated rings. The highest BCUT2D eigenvalue weighted by Crippen LogP contribution is 2.38. The lowest BCUT2D eigenvalue weighted by atomic mass is 10.2. The zero-order chi connectivity index (χ0) is 20.8. The van der Waals surface area contributed by atoms with Crippen LogP contribution >= 0.6 is 0 Å². The zero-order valence-electron chi connectivity index (χ0n) is 16.8. The van der Waals surface area contributed by atoms with E-state index in [0.29, 0.717) is 23.2 Å². The summed E-state index contributed by atoms with van der Waals surface area (Å²) in [5.41, 5.74) is 4.29. The van der Waals surface area contributed by atoms with Crippen LogP contribution in [0, 0.1) is 5.92 Å². The van der Waals surface area contributed by atoms with Gasteiger partial charge in [-0.15, -0.1) is 0 Å². The van der Waals surface area contributed by atoms with Crippen LogP contribution in [0.3, 0.4) is 0 Å². The van der Waals surface area contributed by atoms with Crippen LogP contribution in [0.25, 0.3) is 27.9 Å². The van der Waals surface area contributed by atoms with E-state index in [2.05, 4.69) is 43.0 Å². The Labute approximate surface area is 178 Å². The lowest BCUT2D eigenvalue weighted by molar-refractivity contribution is 0.102. The molecule has 0 unspecified atom stereocenters. The number of aromatic nitrogens is 5. The van der Waals surface area contributed by atoms with E-state index in [-0.39, 0.29) is 5.91 Å². The van der Waals surface area contributed by atoms with E-state index in [4.69, 9.17) is 0 Å². The molecule has 4 heterocycles. The summed E-state index contributed by atoms with van der Waals surface area (Å²) in [4.78, 5) is 26.3. The van der Waals surface area contributed by atoms with Crippen molar-refractivity contribution in [2.24, 2.45) is 5.92 Å². The number of anilines is 1. The number of hydrogen-bond acceptors (Lipinski definition) is 4. The first kappa shape index (κ1) is 17.8. The Morgan fingerprint density at radius 2 is 1.84 bits per heavy atom. The molecule has 0 radical (unpaired) electrons. The fraction of sp³-hybridized carbons (Fsp3) is 0.167. The fourth-order valence-electron chi connectivity index (χ4n) is 4.17. The number of nitrogens with zero attached hydrogens (tertiary/aromatic N) is 5. The number of pyridine rings is 1. The Morgan fingerprint density at radius 1 is 1.00 bits per heavy atom. The van der Waals surface area contributed by atoms with Crippen molar-refractivity contribution >= 4 is 33.5 Å². The standard InChI is InChI=1S/C24H20N6O/c31-23(28-17-5-3-10-25-14-17)21-13-20-22(30(21)24-26-11-4-12-27-24)18-6-1-2-7-19(18)29(20)15-16-8-9-16/h1-7,10-14,16H,8-9,15H2,(H,28,31). The molecule has 1 aliphatic carbocycles. The highest BCUT2D eigenvalue weighted by Gasteiger charge is 2.27. The van der Waals surface area contributed by atoms with Gasteiger partial charge in [-0.3, -0.25) is 14.3 Å². The third kappa shape index (κ3) is 3.06. The van der Waals surface area contributed by atoms with Gasteiger partial charge in [-0.1, -0.05) is 18.2 Å². The summed E-state index contributed by atoms with van der Waals surface area (Å²) in [6, 6.07) is 15.7. The summed E-state index contributed by atoms with van der Waals surface area (Å²) in [5, 5.41) is 4.04. The Bertz CT molecular complexity index is 1400. The maximum Gasteiger partial charge on any atom is 0.272 e. The van der Waals surface area contributed by atoms with E-state index in [0.717, 1.165) is 23.0 Å². The SMILES string of the molecule is O=C(Nc1cccnc1)c1cc2c(c3ccccc3n2CC2CC2)n1-c1ncccn1. The smallest absolute Gasteiger partial charge is 0.272 e. The number of benzene rings is 1. The van der Waals surface area contributed by atoms with Gasteiger partial charge < -0.3 is 9.88 Å². The second-order valence-corrected chi connectivity index (χ2v) is 7.91. The van der Waals surface area contributed by atoms with Crippen LogP contribution in [-0.2, 0) is 6.54 Å². The number of rotatable bonds is 5. The minimum Gasteiger partial charge on any atom is -0.339 e. The lowest BCUT2D eigenvalue weighted by Gasteiger charge is -2.09. The highest BCUT2D eigenvalue weighted by atomic mass is 16.2. The first-order valence-corrected chi connectivity index (χ1v) is 10.4. The van der Waals surface area contributed by atoms with Crippen molar-refractivity contribution in [2.45, 2.75) is 19.4 Å². The van der Waals surface area contributed by atoms with Gasteiger partial charge in [0.05, 0.1) is 28.4 Å². The maximum atomic E-state index is 13.3. The van der Waals surface area contributed by atoms with Crippen molar-refractivity contribution in [1.82, 2.24) is 24.1 Å². The van der Waals surface area contributed by atoms with Gasteiger partial charge >= 0.3 is 0 Å². The fourth-order valence-corrected chi connectivity index (χ4v) is 4.17. The van der Waals surface area contributed by atoms with Crippen molar-refractivity contribution in [1.29, 1.82) is 0 Å². The Morgan fingerprint density at radius 3 is 2.61 bits per heavy atom. The summed E-state index contributed by atoms with van der Waals surface area (Å²) in [6.07, 6.45) is 9.21. The zero-order valence-corrected chi connectivity index (χ0v) is 16.8. The molecule has 0 saturated heterocycles. The third-order valence-electron chi connectivity index (χ3n) is 5.76. The van der Waals surface area contributed by atoms with E-state index in [1.54, 1.807) is 36.9 Å². The Hall–Kier alpha value is -4.00. The van der Waals surface area contributed by atoms with Crippen LogP contribution in [0.1, 0.15) is 23.3 Å². The largest absolute Gasteiger partial charge is 0.339 e. The number of amides is 1. The van der Waals surface area contributed by atoms with Crippen LogP contribution in [0.4, 0.5) is 5.69 Å². The van der Waals surface area contributed by atoms with Crippen molar-refractivity contribution < 1.29 is 4.79 Å². The topological polar surface area (TPSA) is 77.6 Å². The van der Waals surface area contributed by atoms with Gasteiger partial charge in [0.15, 0.2) is 0 Å². The number of carbonyl (C=O) groups excluding carboxylic acids is 1. The number of carbonyl (C=O) groups is 1. The molecule has 1 amide bonds. The average Bonchev–Trinajstić information content (AvgIpc) is 3.47. The lowest BCUT2D eigenvalue weighted by Crippen LogP contribution is -2.17. The van der Waals surface area contributed by atoms with Crippen LogP contribution < -0.4 is 5.32 Å². The molecule has 4 aromatic heterocycles. The van der Waals surface area contributed by atoms with Crippen molar-refractivity contribution in [3.05, 3.63) is 79.0 Å². The molecule has 1 saturated carbocycles. The van der Waals surface area contributed by atoms with E-state index < -0.39 is 0 Å². The van der Waals surface area contributed by atoms with Gasteiger partial charge in [0.2, 0.25) is 5.95 Å². The van der Waals surface area contributed by atoms with Crippen LogP contribution in [0.15, 0.2) is 73.3 Å². The highest BCUT2D eigenvalue weighted by molar-refractivity contribution is 6.13. The quantitative estimate of drug-likeness (QED) is 0.467. The normalized spacial score (nSPS) is 13.7. The molecule has 31 heavy (non-hydrogen) atoms. The Balaban J connectivity index is 1.60. The summed E-state index contributed by atoms with van der Waals surface area (Å²) in [6.45, 7) is 0.952. The van der Waals surface area contributed by atoms with E-state index in [9.17, 15) is 4.79 Å². The summed E-state index contributed by atoms with van der Waals surface area (Å²) in [5.74, 6) is 0.949. The van der Waals surface area contributed by atoms with Crippen molar-refractivity contribution in [3.63, 3.8) is 0 Å². The number of fused-ring (bicyclic) bond motifs is 3. The predicted octanol–water partition coefficient (Wildman–Crippen LogP) is 4.43. The van der Waals surface area contributed by atoms with Crippen LogP contribution in [0.5, 0.6) is 0 Å². The molecule has 5 aromatic rings. The minimum atomic E-state index is -0.223. The maximum absolute atomic E-state index is 13.3. The van der Waals surface area contributed by atoms with Crippen LogP contribution in [-0.4, -0.2) is 30.0 Å². The van der Waals surface area contributed by atoms with Crippen LogP contribution in [0.2, 0.25) is 0 Å². The molecule has 7 heteroatoms. The third-order valence-corrected chi connectivity index (χ3v) is 5.76. The van der Waals surface area contributed by atoms with E-state index in [1.807, 2.05) is 22.8 Å². The van der Waals surface area contributed by atoms with Crippen molar-refractivity contribution in [3.8, 4) is 5.95 Å². The predicted molar refractivity (Wildman–Crippen MR) is 119 cm³/mol. The van der Waals surface area contributed by atoms with Gasteiger partial charge in [-0.05, 0) is 49.1 Å². The van der Waals surface area contributed by atoms with E-state index >= 15 is 0 Å². The minimum absolute atomic E-state index is 0.223. The molecule has 0 spiro atoms. The van der Waals surface area contributed by atoms with Gasteiger partial charge in [-0.2, -0.15) is 0 Å². The number of hydrogen-bond donors (Lipinski definition) is 1. The van der Waals surface area contributed by atoms with Crippen molar-refractivity contribution in [2.75, 3.05) is 5.32 Å². The first-order valence-electron chi connectivity index (χ1n) is 10.4. The summed E-state index contributed by atoms with van der Waals surface area (Å²) < 4.78 is 4.20. The molecule has 1 N–H and O–H groups in total. The second-order valence-electron chi connectivity index (χ2n) is 7.91. The molecular weight excluding hydrogens is 388 g/mol. The van der Waals surface area contributed by atoms with Gasteiger partial charge in [0, 0.05) is 30.5 Å². The van der Waals surface area contributed by atoms with Gasteiger partial charge in [0.25, 0.3) is 5.91 Å². The summed E-state index contributed by atoms with van der Waals surface area (Å²) in [7, 11) is 0. The van der Waals surface area contributed by atoms with Gasteiger partial charge in [0.1, 0.15) is 5.69 Å². The molecule has 0 bridgehead atoms. The Kier molecular flexibility index (Phi) is 4.06. The molecule has 1 aromatic carbocycles. The molecule has 152 valence electrons. The molecule has 0 aliphatic heterocycles. The monoisotopic (exact) mass is 408 g/mol. The van der Waals surface area contributed by atoms with E-state index in [1.165, 1.54) is 18.4 Å².